The molecule has 0 aliphatic carbocycles. The summed E-state index contributed by atoms with van der Waals surface area (Å²) < 4.78 is 26.2. The predicted octanol–water partition coefficient (Wildman–Crippen LogP) is 5.45. The van der Waals surface area contributed by atoms with Crippen molar-refractivity contribution in [3.63, 3.8) is 0 Å². The summed E-state index contributed by atoms with van der Waals surface area (Å²) in [6.45, 7) is 0.121. The van der Waals surface area contributed by atoms with E-state index in [1.807, 2.05) is 22.6 Å². The molecule has 0 bridgehead atoms. The molecule has 1 aliphatic heterocycles. The minimum Gasteiger partial charge on any atom is -0.493 e. The minimum atomic E-state index is -0.826. The van der Waals surface area contributed by atoms with E-state index in [0.717, 1.165) is 9.37 Å². The predicted molar refractivity (Wildman–Crippen MR) is 140 cm³/mol. The van der Waals surface area contributed by atoms with Gasteiger partial charge in [0, 0.05) is 4.47 Å². The fourth-order valence-corrected chi connectivity index (χ4v) is 4.44. The van der Waals surface area contributed by atoms with Gasteiger partial charge in [-0.05, 0) is 88.3 Å². The monoisotopic (exact) mass is 650 g/mol. The summed E-state index contributed by atoms with van der Waals surface area (Å²) in [6.07, 6.45) is 1.39. The van der Waals surface area contributed by atoms with Gasteiger partial charge in [0.1, 0.15) is 18.0 Å². The number of hydrogen-bond acceptors (Lipinski definition) is 5. The number of anilines is 1. The van der Waals surface area contributed by atoms with Crippen molar-refractivity contribution in [2.75, 3.05) is 12.0 Å². The third kappa shape index (κ3) is 5.54. The van der Waals surface area contributed by atoms with Crippen molar-refractivity contribution >= 4 is 68.1 Å². The van der Waals surface area contributed by atoms with Gasteiger partial charge in [0.05, 0.1) is 16.4 Å². The number of benzene rings is 3. The highest BCUT2D eigenvalue weighted by atomic mass is 127. The Hall–Kier alpha value is -3.25. The van der Waals surface area contributed by atoms with Gasteiger partial charge in [0.2, 0.25) is 0 Å². The van der Waals surface area contributed by atoms with Gasteiger partial charge in [0.25, 0.3) is 11.8 Å². The van der Waals surface area contributed by atoms with Crippen molar-refractivity contribution in [3.05, 3.63) is 91.2 Å². The molecule has 0 aromatic heterocycles. The normalized spacial score (nSPS) is 14.8. The molecule has 4 amide bonds. The first kappa shape index (κ1) is 24.9. The third-order valence-corrected chi connectivity index (χ3v) is 6.35. The van der Waals surface area contributed by atoms with Crippen molar-refractivity contribution in [1.29, 1.82) is 0 Å². The van der Waals surface area contributed by atoms with Gasteiger partial charge in [-0.2, -0.15) is 0 Å². The zero-order valence-electron chi connectivity index (χ0n) is 18.2. The topological polar surface area (TPSA) is 84.9 Å². The largest absolute Gasteiger partial charge is 0.493 e. The molecule has 1 heterocycles. The molecule has 0 spiro atoms. The van der Waals surface area contributed by atoms with Gasteiger partial charge in [-0.15, -0.1) is 0 Å². The van der Waals surface area contributed by atoms with Crippen LogP contribution in [0.2, 0.25) is 0 Å². The van der Waals surface area contributed by atoms with Crippen LogP contribution in [-0.2, 0) is 16.2 Å². The van der Waals surface area contributed by atoms with Gasteiger partial charge in [-0.1, -0.05) is 28.1 Å². The number of nitrogens with one attached hydrogen (secondary N) is 1. The van der Waals surface area contributed by atoms with Gasteiger partial charge in [-0.25, -0.2) is 14.1 Å². The highest BCUT2D eigenvalue weighted by Gasteiger charge is 2.36. The van der Waals surface area contributed by atoms with Gasteiger partial charge < -0.3 is 9.47 Å². The van der Waals surface area contributed by atoms with E-state index in [4.69, 9.17) is 9.47 Å². The Morgan fingerprint density at radius 1 is 1.09 bits per heavy atom. The first-order valence-electron chi connectivity index (χ1n) is 10.2. The summed E-state index contributed by atoms with van der Waals surface area (Å²) >= 11 is 5.36. The van der Waals surface area contributed by atoms with Gasteiger partial charge in [0.15, 0.2) is 11.5 Å². The molecule has 3 aromatic carbocycles. The van der Waals surface area contributed by atoms with Crippen molar-refractivity contribution in [2.45, 2.75) is 6.61 Å². The minimum absolute atomic E-state index is 0.121. The van der Waals surface area contributed by atoms with Crippen molar-refractivity contribution in [2.24, 2.45) is 0 Å². The molecule has 3 aromatic rings. The molecule has 7 nitrogen and oxygen atoms in total. The number of barbiturate groups is 1. The molecule has 0 unspecified atom stereocenters. The van der Waals surface area contributed by atoms with Crippen LogP contribution in [0.1, 0.15) is 11.1 Å². The SMILES string of the molecule is COc1cc(/C=C2\C(=O)NC(=O)N(c3ccc(Br)cc3)C2=O)cc(I)c1OCc1cccc(F)c1. The number of hydrogen-bond donors (Lipinski definition) is 1. The number of imide groups is 2. The van der Waals surface area contributed by atoms with Gasteiger partial charge in [-0.3, -0.25) is 14.9 Å². The van der Waals surface area contributed by atoms with E-state index in [0.29, 0.717) is 31.9 Å². The fraction of sp³-hybridized carbons (Fsp3) is 0.0800. The lowest BCUT2D eigenvalue weighted by molar-refractivity contribution is -0.122. The molecule has 1 saturated heterocycles. The molecule has 0 atom stereocenters. The summed E-state index contributed by atoms with van der Waals surface area (Å²) in [7, 11) is 1.46. The maximum atomic E-state index is 13.5. The molecule has 10 heteroatoms. The quantitative estimate of drug-likeness (QED) is 0.218. The van der Waals surface area contributed by atoms with E-state index in [-0.39, 0.29) is 18.0 Å². The standard InChI is InChI=1S/C25H17BrFIN2O5/c1-34-21-12-15(11-20(28)22(21)35-13-14-3-2-4-17(27)9-14)10-19-23(31)29-25(33)30(24(19)32)18-7-5-16(26)6-8-18/h2-12H,13H2,1H3,(H,29,31,33)/b19-10+. The van der Waals surface area contributed by atoms with Crippen LogP contribution < -0.4 is 19.7 Å². The highest BCUT2D eigenvalue weighted by Crippen LogP contribution is 2.35. The number of nitrogens with zero attached hydrogens (tertiary/aromatic N) is 1. The zero-order valence-corrected chi connectivity index (χ0v) is 21.9. The maximum absolute atomic E-state index is 13.5. The van der Waals surface area contributed by atoms with Crippen molar-refractivity contribution in [1.82, 2.24) is 5.32 Å². The van der Waals surface area contributed by atoms with Crippen LogP contribution in [0.25, 0.3) is 6.08 Å². The van der Waals surface area contributed by atoms with Crippen LogP contribution in [0.4, 0.5) is 14.9 Å². The highest BCUT2D eigenvalue weighted by molar-refractivity contribution is 14.1. The summed E-state index contributed by atoms with van der Waals surface area (Å²) in [5.74, 6) is -1.11. The van der Waals surface area contributed by atoms with E-state index in [1.165, 1.54) is 25.3 Å². The smallest absolute Gasteiger partial charge is 0.335 e. The van der Waals surface area contributed by atoms with E-state index in [1.54, 1.807) is 48.5 Å². The molecule has 4 rings (SSSR count). The first-order chi connectivity index (χ1) is 16.8. The Kier molecular flexibility index (Phi) is 7.51. The number of rotatable bonds is 6. The summed E-state index contributed by atoms with van der Waals surface area (Å²) in [4.78, 5) is 38.9. The Morgan fingerprint density at radius 2 is 1.83 bits per heavy atom. The van der Waals surface area contributed by atoms with Crippen molar-refractivity contribution in [3.8, 4) is 11.5 Å². The number of halogens is 3. The van der Waals surface area contributed by atoms with E-state index in [9.17, 15) is 18.8 Å². The Bertz CT molecular complexity index is 1360. The number of methoxy groups -OCH3 is 1. The molecule has 0 radical (unpaired) electrons. The number of urea groups is 1. The number of carbonyl (C=O) groups excluding carboxylic acids is 3. The molecule has 178 valence electrons. The lowest BCUT2D eigenvalue weighted by Crippen LogP contribution is -2.54. The molecule has 1 N–H and O–H groups in total. The van der Waals surface area contributed by atoms with Crippen molar-refractivity contribution < 1.29 is 28.2 Å². The summed E-state index contributed by atoms with van der Waals surface area (Å²) in [6, 6.07) is 15.1. The fourth-order valence-electron chi connectivity index (χ4n) is 3.39. The summed E-state index contributed by atoms with van der Waals surface area (Å²) in [5, 5.41) is 2.20. The maximum Gasteiger partial charge on any atom is 0.335 e. The molecule has 35 heavy (non-hydrogen) atoms. The van der Waals surface area contributed by atoms with Crippen LogP contribution >= 0.6 is 38.5 Å². The molecule has 1 fully saturated rings. The molecular formula is C25H17BrFIN2O5. The van der Waals surface area contributed by atoms with E-state index >= 15 is 0 Å². The zero-order chi connectivity index (χ0) is 25.1. The Morgan fingerprint density at radius 3 is 2.51 bits per heavy atom. The second-order valence-corrected chi connectivity index (χ2v) is 9.46. The van der Waals surface area contributed by atoms with Crippen LogP contribution in [0.15, 0.2) is 70.7 Å². The number of carbonyl (C=O) groups is 3. The first-order valence-corrected chi connectivity index (χ1v) is 12.1. The number of ether oxygens (including phenoxy) is 2. The average molecular weight is 651 g/mol. The van der Waals surface area contributed by atoms with Crippen LogP contribution in [0.3, 0.4) is 0 Å². The lowest BCUT2D eigenvalue weighted by Gasteiger charge is -2.26. The number of amides is 4. The van der Waals surface area contributed by atoms with Crippen LogP contribution in [-0.4, -0.2) is 25.0 Å². The van der Waals surface area contributed by atoms with E-state index < -0.39 is 17.8 Å². The Balaban J connectivity index is 1.64. The molecule has 1 aliphatic rings. The second-order valence-electron chi connectivity index (χ2n) is 7.39. The third-order valence-electron chi connectivity index (χ3n) is 5.02. The lowest BCUT2D eigenvalue weighted by atomic mass is 10.1. The molecular weight excluding hydrogens is 634 g/mol. The van der Waals surface area contributed by atoms with Crippen LogP contribution in [0, 0.1) is 9.39 Å². The van der Waals surface area contributed by atoms with Gasteiger partial charge >= 0.3 is 6.03 Å². The van der Waals surface area contributed by atoms with E-state index in [2.05, 4.69) is 21.2 Å². The molecule has 0 saturated carbocycles. The second kappa shape index (κ2) is 10.6. The van der Waals surface area contributed by atoms with Crippen LogP contribution in [0.5, 0.6) is 11.5 Å². The Labute approximate surface area is 222 Å². The summed E-state index contributed by atoms with van der Waals surface area (Å²) in [5.41, 5.74) is 1.25. The average Bonchev–Trinajstić information content (AvgIpc) is 2.82.